The molecule has 34 heavy (non-hydrogen) atoms. The fourth-order valence-electron chi connectivity index (χ4n) is 5.11. The van der Waals surface area contributed by atoms with Crippen molar-refractivity contribution in [3.63, 3.8) is 0 Å². The minimum Gasteiger partial charge on any atom is -0.291 e. The monoisotopic (exact) mass is 452 g/mol. The van der Waals surface area contributed by atoms with Crippen molar-refractivity contribution in [2.45, 2.75) is 0 Å². The first-order chi connectivity index (χ1) is 16.9. The molecule has 0 fully saturated rings. The molecule has 8 rings (SSSR count). The molecular formula is C29H16N4S. The molecule has 0 bridgehead atoms. The first-order valence-electron chi connectivity index (χ1n) is 11.2. The lowest BCUT2D eigenvalue weighted by Gasteiger charge is -2.06. The third-order valence-corrected chi connectivity index (χ3v) is 7.75. The summed E-state index contributed by atoms with van der Waals surface area (Å²) in [5.74, 6) is 0.663. The fraction of sp³-hybridized carbons (Fsp3) is 0. The van der Waals surface area contributed by atoms with E-state index < -0.39 is 0 Å². The van der Waals surface area contributed by atoms with Crippen molar-refractivity contribution in [3.8, 4) is 22.8 Å². The summed E-state index contributed by atoms with van der Waals surface area (Å²) in [6.45, 7) is 0. The van der Waals surface area contributed by atoms with Crippen LogP contribution in [0.2, 0.25) is 0 Å². The second-order valence-electron chi connectivity index (χ2n) is 8.50. The molecule has 0 amide bonds. The quantitative estimate of drug-likeness (QED) is 0.272. The van der Waals surface area contributed by atoms with Gasteiger partial charge in [-0.3, -0.25) is 4.40 Å². The summed E-state index contributed by atoms with van der Waals surface area (Å²) in [5.41, 5.74) is 7.00. The second kappa shape index (κ2) is 6.59. The Morgan fingerprint density at radius 2 is 1.35 bits per heavy atom. The van der Waals surface area contributed by atoms with Gasteiger partial charge in [0.25, 0.3) is 0 Å². The Hall–Kier alpha value is -4.35. The zero-order valence-electron chi connectivity index (χ0n) is 17.9. The minimum absolute atomic E-state index is 0.663. The molecule has 0 N–H and O–H groups in total. The van der Waals surface area contributed by atoms with E-state index in [9.17, 15) is 0 Å². The van der Waals surface area contributed by atoms with E-state index in [1.807, 2.05) is 6.07 Å². The molecule has 0 radical (unpaired) electrons. The van der Waals surface area contributed by atoms with Crippen molar-refractivity contribution >= 4 is 59.1 Å². The molecule has 0 unspecified atom stereocenters. The summed E-state index contributed by atoms with van der Waals surface area (Å²) in [6.07, 6.45) is 0. The van der Waals surface area contributed by atoms with Gasteiger partial charge in [0.15, 0.2) is 5.82 Å². The zero-order chi connectivity index (χ0) is 22.2. The topological polar surface area (TPSA) is 43.1 Å². The summed E-state index contributed by atoms with van der Waals surface area (Å²) in [6, 6.07) is 33.6. The summed E-state index contributed by atoms with van der Waals surface area (Å²) in [5, 5.41) is 3.55. The first kappa shape index (κ1) is 18.1. The van der Waals surface area contributed by atoms with Crippen molar-refractivity contribution < 1.29 is 0 Å². The van der Waals surface area contributed by atoms with Gasteiger partial charge in [0.2, 0.25) is 0 Å². The molecular weight excluding hydrogens is 436 g/mol. The van der Waals surface area contributed by atoms with Gasteiger partial charge < -0.3 is 0 Å². The number of benzene rings is 3. The van der Waals surface area contributed by atoms with Crippen molar-refractivity contribution in [1.82, 2.24) is 19.4 Å². The average molecular weight is 453 g/mol. The number of pyridine rings is 1. The zero-order valence-corrected chi connectivity index (χ0v) is 18.8. The standard InChI is InChI=1S/C29H16N4S/c1-2-9-17(10-3-1)24-28-25(20-13-6-7-15-22(20)34-28)32-29(31-24)26-27-19-12-5-4-11-18(19)21-14-8-16-23(30-26)33(21)27/h1-16H. The van der Waals surface area contributed by atoms with Crippen LogP contribution in [0.1, 0.15) is 0 Å². The molecule has 0 aliphatic rings. The van der Waals surface area contributed by atoms with E-state index in [2.05, 4.69) is 95.4 Å². The molecule has 0 aliphatic heterocycles. The third kappa shape index (κ3) is 2.34. The lowest BCUT2D eigenvalue weighted by molar-refractivity contribution is 1.22. The highest BCUT2D eigenvalue weighted by molar-refractivity contribution is 7.26. The third-order valence-electron chi connectivity index (χ3n) is 6.58. The highest BCUT2D eigenvalue weighted by atomic mass is 32.1. The van der Waals surface area contributed by atoms with Gasteiger partial charge in [-0.2, -0.15) is 0 Å². The fourth-order valence-corrected chi connectivity index (χ4v) is 6.26. The summed E-state index contributed by atoms with van der Waals surface area (Å²) in [4.78, 5) is 15.3. The van der Waals surface area contributed by atoms with E-state index in [0.29, 0.717) is 5.82 Å². The van der Waals surface area contributed by atoms with Gasteiger partial charge in [-0.05, 0) is 18.2 Å². The second-order valence-corrected chi connectivity index (χ2v) is 9.55. The molecule has 0 atom stereocenters. The van der Waals surface area contributed by atoms with Crippen LogP contribution in [0.5, 0.6) is 0 Å². The van der Waals surface area contributed by atoms with Crippen LogP contribution in [0.4, 0.5) is 0 Å². The number of fused-ring (bicyclic) bond motifs is 6. The van der Waals surface area contributed by atoms with Gasteiger partial charge in [-0.15, -0.1) is 11.3 Å². The first-order valence-corrected chi connectivity index (χ1v) is 12.0. The Labute approximate surface area is 198 Å². The Bertz CT molecular complexity index is 2020. The van der Waals surface area contributed by atoms with Gasteiger partial charge >= 0.3 is 0 Å². The predicted molar refractivity (Wildman–Crippen MR) is 141 cm³/mol. The number of hydrogen-bond acceptors (Lipinski definition) is 4. The van der Waals surface area contributed by atoms with Crippen LogP contribution in [0, 0.1) is 0 Å². The molecule has 0 aliphatic carbocycles. The normalized spacial score (nSPS) is 12.1. The Morgan fingerprint density at radius 3 is 2.24 bits per heavy atom. The number of hydrogen-bond donors (Lipinski definition) is 0. The Balaban J connectivity index is 1.55. The van der Waals surface area contributed by atoms with Gasteiger partial charge in [0.1, 0.15) is 11.3 Å². The van der Waals surface area contributed by atoms with Crippen molar-refractivity contribution in [2.75, 3.05) is 0 Å². The summed E-state index contributed by atoms with van der Waals surface area (Å²) in [7, 11) is 0. The molecule has 0 saturated heterocycles. The van der Waals surface area contributed by atoms with E-state index >= 15 is 0 Å². The molecule has 5 aromatic heterocycles. The lowest BCUT2D eigenvalue weighted by atomic mass is 10.1. The van der Waals surface area contributed by atoms with Crippen LogP contribution in [-0.4, -0.2) is 19.4 Å². The number of nitrogens with zero attached hydrogens (tertiary/aromatic N) is 4. The summed E-state index contributed by atoms with van der Waals surface area (Å²) >= 11 is 1.75. The van der Waals surface area contributed by atoms with Crippen molar-refractivity contribution in [2.24, 2.45) is 0 Å². The molecule has 5 heteroatoms. The van der Waals surface area contributed by atoms with E-state index in [-0.39, 0.29) is 0 Å². The molecule has 0 saturated carbocycles. The Kier molecular flexibility index (Phi) is 3.51. The SMILES string of the molecule is c1ccc(-c2nc(-c3nc4cccc5c6ccccc6c3n45)nc3c2sc2ccccc23)cc1. The minimum atomic E-state index is 0.663. The van der Waals surface area contributed by atoms with E-state index in [1.165, 1.54) is 15.5 Å². The van der Waals surface area contributed by atoms with Gasteiger partial charge in [-0.1, -0.05) is 78.9 Å². The van der Waals surface area contributed by atoms with Crippen LogP contribution in [0.25, 0.3) is 70.5 Å². The van der Waals surface area contributed by atoms with E-state index in [1.54, 1.807) is 11.3 Å². The number of thiophene rings is 1. The van der Waals surface area contributed by atoms with Crippen molar-refractivity contribution in [1.29, 1.82) is 0 Å². The Morgan fingerprint density at radius 1 is 0.588 bits per heavy atom. The summed E-state index contributed by atoms with van der Waals surface area (Å²) < 4.78 is 4.56. The van der Waals surface area contributed by atoms with Gasteiger partial charge in [-0.25, -0.2) is 15.0 Å². The van der Waals surface area contributed by atoms with Crippen LogP contribution >= 0.6 is 11.3 Å². The number of imidazole rings is 1. The molecule has 158 valence electrons. The lowest BCUT2D eigenvalue weighted by Crippen LogP contribution is -1.94. The average Bonchev–Trinajstić information content (AvgIpc) is 3.57. The highest BCUT2D eigenvalue weighted by Gasteiger charge is 2.22. The molecule has 4 nitrogen and oxygen atoms in total. The van der Waals surface area contributed by atoms with Crippen LogP contribution in [0.15, 0.2) is 97.1 Å². The van der Waals surface area contributed by atoms with Crippen LogP contribution in [0.3, 0.4) is 0 Å². The largest absolute Gasteiger partial charge is 0.291 e. The van der Waals surface area contributed by atoms with Crippen LogP contribution < -0.4 is 0 Å². The molecule has 5 heterocycles. The smallest absolute Gasteiger partial charge is 0.181 e. The highest BCUT2D eigenvalue weighted by Crippen LogP contribution is 2.41. The van der Waals surface area contributed by atoms with E-state index in [0.717, 1.165) is 49.2 Å². The van der Waals surface area contributed by atoms with Crippen LogP contribution in [-0.2, 0) is 0 Å². The van der Waals surface area contributed by atoms with Gasteiger partial charge in [0, 0.05) is 26.4 Å². The molecule has 3 aromatic carbocycles. The predicted octanol–water partition coefficient (Wildman–Crippen LogP) is 7.57. The maximum absolute atomic E-state index is 5.16. The molecule has 8 aromatic rings. The van der Waals surface area contributed by atoms with E-state index in [4.69, 9.17) is 15.0 Å². The maximum Gasteiger partial charge on any atom is 0.181 e. The van der Waals surface area contributed by atoms with Gasteiger partial charge in [0.05, 0.1) is 26.9 Å². The maximum atomic E-state index is 5.16. The van der Waals surface area contributed by atoms with Crippen molar-refractivity contribution in [3.05, 3.63) is 97.1 Å². The molecule has 0 spiro atoms. The number of aromatic nitrogens is 4. The number of rotatable bonds is 2.